The van der Waals surface area contributed by atoms with Gasteiger partial charge in [-0.05, 0) is 40.0 Å². The first-order valence-corrected chi connectivity index (χ1v) is 7.37. The summed E-state index contributed by atoms with van der Waals surface area (Å²) in [6, 6.07) is 10.2. The maximum atomic E-state index is 6.10. The van der Waals surface area contributed by atoms with Gasteiger partial charge in [0.25, 0.3) is 0 Å². The number of nitrogens with two attached hydrogens (primary N) is 1. The lowest BCUT2D eigenvalue weighted by Crippen LogP contribution is -2.04. The summed E-state index contributed by atoms with van der Waals surface area (Å²) in [5, 5.41) is 0. The van der Waals surface area contributed by atoms with Crippen molar-refractivity contribution in [1.29, 1.82) is 0 Å². The van der Waals surface area contributed by atoms with Crippen molar-refractivity contribution >= 4 is 33.0 Å². The quantitative estimate of drug-likeness (QED) is 0.796. The molecule has 20 heavy (non-hydrogen) atoms. The Labute approximate surface area is 125 Å². The molecule has 5 heteroatoms. The van der Waals surface area contributed by atoms with Crippen LogP contribution in [0.5, 0.6) is 0 Å². The molecule has 102 valence electrons. The van der Waals surface area contributed by atoms with E-state index >= 15 is 0 Å². The van der Waals surface area contributed by atoms with Crippen molar-refractivity contribution in [2.24, 2.45) is 0 Å². The molecular weight excluding hydrogens is 316 g/mol. The monoisotopic (exact) mass is 330 g/mol. The number of aromatic nitrogens is 3. The molecule has 0 fully saturated rings. The maximum absolute atomic E-state index is 6.10. The normalized spacial score (nSPS) is 11.1. The average Bonchev–Trinajstić information content (AvgIpc) is 2.75. The number of fused-ring (bicyclic) bond motifs is 1. The van der Waals surface area contributed by atoms with Crippen LogP contribution in [0.15, 0.2) is 41.0 Å². The van der Waals surface area contributed by atoms with Crippen molar-refractivity contribution in [2.45, 2.75) is 19.8 Å². The summed E-state index contributed by atoms with van der Waals surface area (Å²) < 4.78 is 2.82. The second-order valence-electron chi connectivity index (χ2n) is 4.68. The topological polar surface area (TPSA) is 56.7 Å². The number of pyridine rings is 1. The molecule has 0 radical (unpaired) electrons. The fourth-order valence-corrected chi connectivity index (χ4v) is 2.72. The van der Waals surface area contributed by atoms with Gasteiger partial charge in [0.1, 0.15) is 5.52 Å². The lowest BCUT2D eigenvalue weighted by atomic mass is 10.1. The van der Waals surface area contributed by atoms with E-state index in [1.54, 1.807) is 6.20 Å². The van der Waals surface area contributed by atoms with Crippen molar-refractivity contribution in [3.05, 3.63) is 46.6 Å². The summed E-state index contributed by atoms with van der Waals surface area (Å²) in [6.45, 7) is 2.17. The van der Waals surface area contributed by atoms with E-state index in [0.29, 0.717) is 5.95 Å². The minimum Gasteiger partial charge on any atom is -0.369 e. The number of imidazole rings is 1. The number of nitrogens with zero attached hydrogens (tertiary/aromatic N) is 3. The molecule has 0 aliphatic rings. The third-order valence-electron chi connectivity index (χ3n) is 3.24. The van der Waals surface area contributed by atoms with Gasteiger partial charge in [-0.25, -0.2) is 9.97 Å². The molecule has 0 aliphatic heterocycles. The fraction of sp³-hybridized carbons (Fsp3) is 0.200. The Morgan fingerprint density at radius 3 is 2.90 bits per heavy atom. The molecule has 3 aromatic rings. The van der Waals surface area contributed by atoms with Crippen LogP contribution in [0.1, 0.15) is 18.9 Å². The largest absolute Gasteiger partial charge is 0.369 e. The molecule has 2 aromatic heterocycles. The first-order chi connectivity index (χ1) is 9.70. The van der Waals surface area contributed by atoms with Gasteiger partial charge in [0.2, 0.25) is 5.95 Å². The van der Waals surface area contributed by atoms with E-state index in [1.165, 1.54) is 5.56 Å². The second kappa shape index (κ2) is 5.25. The number of nitrogen functional groups attached to an aromatic ring is 1. The lowest BCUT2D eigenvalue weighted by molar-refractivity contribution is 0.903. The smallest absolute Gasteiger partial charge is 0.207 e. The van der Waals surface area contributed by atoms with Crippen LogP contribution in [0.2, 0.25) is 0 Å². The fourth-order valence-electron chi connectivity index (χ4n) is 2.41. The highest BCUT2D eigenvalue weighted by Crippen LogP contribution is 2.26. The summed E-state index contributed by atoms with van der Waals surface area (Å²) >= 11 is 3.41. The zero-order valence-corrected chi connectivity index (χ0v) is 12.8. The van der Waals surface area contributed by atoms with E-state index in [0.717, 1.165) is 34.2 Å². The molecule has 0 saturated heterocycles. The number of para-hydroxylation sites is 1. The third-order valence-corrected chi connectivity index (χ3v) is 3.68. The molecule has 2 heterocycles. The number of halogens is 1. The summed E-state index contributed by atoms with van der Waals surface area (Å²) in [5.41, 5.74) is 9.99. The molecule has 4 nitrogen and oxygen atoms in total. The van der Waals surface area contributed by atoms with E-state index in [1.807, 2.05) is 22.8 Å². The van der Waals surface area contributed by atoms with Gasteiger partial charge < -0.3 is 5.73 Å². The molecule has 3 rings (SSSR count). The predicted octanol–water partition coefficient (Wildman–Crippen LogP) is 3.72. The van der Waals surface area contributed by atoms with Gasteiger partial charge in [-0.2, -0.15) is 0 Å². The van der Waals surface area contributed by atoms with Crippen molar-refractivity contribution < 1.29 is 0 Å². The Hall–Kier alpha value is -1.88. The standard InChI is InChI=1S/C15H15BrN4/c1-2-5-10-6-3-4-7-13(10)20-14-12(19-15(20)17)8-11(16)9-18-14/h3-4,6-9H,2,5H2,1H3,(H2,17,19). The number of aryl methyl sites for hydroxylation is 1. The number of hydrogen-bond acceptors (Lipinski definition) is 3. The van der Waals surface area contributed by atoms with E-state index in [2.05, 4.69) is 45.0 Å². The van der Waals surface area contributed by atoms with Gasteiger partial charge in [0.15, 0.2) is 5.65 Å². The van der Waals surface area contributed by atoms with E-state index < -0.39 is 0 Å². The van der Waals surface area contributed by atoms with Gasteiger partial charge in [-0.3, -0.25) is 4.57 Å². The maximum Gasteiger partial charge on any atom is 0.207 e. The minimum atomic E-state index is 0.467. The minimum absolute atomic E-state index is 0.467. The highest BCUT2D eigenvalue weighted by Gasteiger charge is 2.13. The Morgan fingerprint density at radius 1 is 1.30 bits per heavy atom. The highest BCUT2D eigenvalue weighted by molar-refractivity contribution is 9.10. The highest BCUT2D eigenvalue weighted by atomic mass is 79.9. The Morgan fingerprint density at radius 2 is 2.10 bits per heavy atom. The number of rotatable bonds is 3. The van der Waals surface area contributed by atoms with Gasteiger partial charge in [-0.15, -0.1) is 0 Å². The van der Waals surface area contributed by atoms with Gasteiger partial charge >= 0.3 is 0 Å². The van der Waals surface area contributed by atoms with Crippen LogP contribution < -0.4 is 5.73 Å². The molecular formula is C15H15BrN4. The van der Waals surface area contributed by atoms with Crippen LogP contribution >= 0.6 is 15.9 Å². The van der Waals surface area contributed by atoms with Crippen LogP contribution in [0.25, 0.3) is 16.9 Å². The van der Waals surface area contributed by atoms with Crippen LogP contribution in [0, 0.1) is 0 Å². The third kappa shape index (κ3) is 2.18. The molecule has 0 unspecified atom stereocenters. The van der Waals surface area contributed by atoms with Crippen LogP contribution in [0.4, 0.5) is 5.95 Å². The Kier molecular flexibility index (Phi) is 3.44. The molecule has 0 spiro atoms. The molecule has 0 amide bonds. The van der Waals surface area contributed by atoms with Gasteiger partial charge in [-0.1, -0.05) is 31.5 Å². The average molecular weight is 331 g/mol. The summed E-state index contributed by atoms with van der Waals surface area (Å²) in [5.74, 6) is 0.467. The predicted molar refractivity (Wildman–Crippen MR) is 85.0 cm³/mol. The molecule has 0 aliphatic carbocycles. The SMILES string of the molecule is CCCc1ccccc1-n1c(N)nc2cc(Br)cnc21. The second-order valence-corrected chi connectivity index (χ2v) is 5.60. The number of hydrogen-bond donors (Lipinski definition) is 1. The molecule has 0 atom stereocenters. The van der Waals surface area contributed by atoms with Crippen LogP contribution in [-0.4, -0.2) is 14.5 Å². The van der Waals surface area contributed by atoms with Crippen molar-refractivity contribution in [1.82, 2.24) is 14.5 Å². The first-order valence-electron chi connectivity index (χ1n) is 6.58. The summed E-state index contributed by atoms with van der Waals surface area (Å²) in [4.78, 5) is 8.85. The zero-order chi connectivity index (χ0) is 14.1. The molecule has 0 bridgehead atoms. The van der Waals surface area contributed by atoms with Crippen LogP contribution in [-0.2, 0) is 6.42 Å². The molecule has 0 saturated carbocycles. The van der Waals surface area contributed by atoms with Gasteiger partial charge in [0.05, 0.1) is 5.69 Å². The van der Waals surface area contributed by atoms with Crippen molar-refractivity contribution in [3.8, 4) is 5.69 Å². The van der Waals surface area contributed by atoms with Crippen LogP contribution in [0.3, 0.4) is 0 Å². The summed E-state index contributed by atoms with van der Waals surface area (Å²) in [7, 11) is 0. The van der Waals surface area contributed by atoms with Crippen molar-refractivity contribution in [3.63, 3.8) is 0 Å². The molecule has 1 aromatic carbocycles. The zero-order valence-electron chi connectivity index (χ0n) is 11.2. The van der Waals surface area contributed by atoms with E-state index in [-0.39, 0.29) is 0 Å². The lowest BCUT2D eigenvalue weighted by Gasteiger charge is -2.11. The van der Waals surface area contributed by atoms with E-state index in [4.69, 9.17) is 5.73 Å². The van der Waals surface area contributed by atoms with E-state index in [9.17, 15) is 0 Å². The number of anilines is 1. The van der Waals surface area contributed by atoms with Gasteiger partial charge in [0, 0.05) is 10.7 Å². The van der Waals surface area contributed by atoms with Crippen molar-refractivity contribution in [2.75, 3.05) is 5.73 Å². The number of benzene rings is 1. The molecule has 2 N–H and O–H groups in total. The summed E-state index contributed by atoms with van der Waals surface area (Å²) in [6.07, 6.45) is 3.86. The Balaban J connectivity index is 2.27. The first kappa shape index (κ1) is 13.1. The Bertz CT molecular complexity index is 764.